The van der Waals surface area contributed by atoms with Gasteiger partial charge in [-0.2, -0.15) is 0 Å². The molecule has 0 amide bonds. The van der Waals surface area contributed by atoms with Crippen LogP contribution in [0.3, 0.4) is 0 Å². The molecule has 1 rings (SSSR count). The van der Waals surface area contributed by atoms with Crippen LogP contribution in [0.15, 0.2) is 18.2 Å². The molecule has 1 aromatic carbocycles. The second kappa shape index (κ2) is 5.00. The summed E-state index contributed by atoms with van der Waals surface area (Å²) in [5.74, 6) is 0.870. The number of rotatable bonds is 4. The van der Waals surface area contributed by atoms with Gasteiger partial charge in [-0.15, -0.1) is 0 Å². The number of phenolic OH excluding ortho intramolecular Hbond substituents is 1. The van der Waals surface area contributed by atoms with Gasteiger partial charge in [-0.05, 0) is 37.1 Å². The molecule has 0 saturated heterocycles. The van der Waals surface area contributed by atoms with Gasteiger partial charge < -0.3 is 9.83 Å². The van der Waals surface area contributed by atoms with E-state index in [1.807, 2.05) is 13.8 Å². The maximum Gasteiger partial charge on any atom is 0.117 e. The van der Waals surface area contributed by atoms with E-state index in [9.17, 15) is 9.32 Å². The lowest BCUT2D eigenvalue weighted by molar-refractivity contribution is 0.475. The molecule has 3 nitrogen and oxygen atoms in total. The van der Waals surface area contributed by atoms with Crippen LogP contribution in [0.25, 0.3) is 0 Å². The second-order valence-electron chi connectivity index (χ2n) is 3.15. The molecule has 14 heavy (non-hydrogen) atoms. The third kappa shape index (κ3) is 3.03. The number of aromatic hydroxyl groups is 1. The highest BCUT2D eigenvalue weighted by molar-refractivity contribution is 7.86. The maximum absolute atomic E-state index is 11.4. The topological polar surface area (TPSA) is 49.3 Å². The molecule has 1 unspecified atom stereocenters. The van der Waals surface area contributed by atoms with Gasteiger partial charge >= 0.3 is 0 Å². The Kier molecular flexibility index (Phi) is 3.95. The van der Waals surface area contributed by atoms with Gasteiger partial charge in [-0.25, -0.2) is 4.21 Å². The van der Waals surface area contributed by atoms with Crippen molar-refractivity contribution in [3.8, 4) is 5.75 Å². The minimum Gasteiger partial charge on any atom is -0.508 e. The van der Waals surface area contributed by atoms with Gasteiger partial charge in [0.2, 0.25) is 0 Å². The highest BCUT2D eigenvalue weighted by Gasteiger charge is 2.02. The summed E-state index contributed by atoms with van der Waals surface area (Å²) in [5, 5.41) is 9.17. The Morgan fingerprint density at radius 3 is 2.79 bits per heavy atom. The fraction of sp³-hybridized carbons (Fsp3) is 0.400. The van der Waals surface area contributed by atoms with Gasteiger partial charge in [0.25, 0.3) is 0 Å². The molecule has 0 aliphatic carbocycles. The highest BCUT2D eigenvalue weighted by Crippen LogP contribution is 2.20. The summed E-state index contributed by atoms with van der Waals surface area (Å²) in [6.07, 6.45) is 0.886. The van der Waals surface area contributed by atoms with Crippen molar-refractivity contribution in [3.05, 3.63) is 23.8 Å². The molecule has 0 spiro atoms. The van der Waals surface area contributed by atoms with Gasteiger partial charge in [0.1, 0.15) is 16.7 Å². The summed E-state index contributed by atoms with van der Waals surface area (Å²) in [7, 11) is -1.02. The van der Waals surface area contributed by atoms with Crippen molar-refractivity contribution >= 4 is 16.7 Å². The monoisotopic (exact) mass is 213 g/mol. The molecule has 78 valence electrons. The minimum atomic E-state index is -1.02. The normalized spacial score (nSPS) is 12.4. The van der Waals surface area contributed by atoms with E-state index in [-0.39, 0.29) is 5.75 Å². The van der Waals surface area contributed by atoms with Gasteiger partial charge in [0, 0.05) is 11.4 Å². The molecule has 0 radical (unpaired) electrons. The summed E-state index contributed by atoms with van der Waals surface area (Å²) >= 11 is 0. The Hall–Kier alpha value is -1.03. The molecule has 0 aromatic heterocycles. The summed E-state index contributed by atoms with van der Waals surface area (Å²) in [6.45, 7) is 3.86. The predicted molar refractivity (Wildman–Crippen MR) is 59.8 cm³/mol. The molecule has 1 aromatic rings. The fourth-order valence-corrected chi connectivity index (χ4v) is 2.07. The number of anilines is 1. The van der Waals surface area contributed by atoms with E-state index >= 15 is 0 Å². The van der Waals surface area contributed by atoms with E-state index in [4.69, 9.17) is 0 Å². The molecular weight excluding hydrogens is 198 g/mol. The number of benzene rings is 1. The lowest BCUT2D eigenvalue weighted by Crippen LogP contribution is -2.08. The zero-order chi connectivity index (χ0) is 10.6. The number of nitrogens with one attached hydrogen (secondary N) is 1. The van der Waals surface area contributed by atoms with Crippen molar-refractivity contribution in [1.29, 1.82) is 0 Å². The standard InChI is InChI=1S/C10H15NO2S/c1-3-6-14(13)11-10-5-4-9(12)7-8(10)2/h4-5,7,11-12H,3,6H2,1-2H3. The molecule has 1 atom stereocenters. The van der Waals surface area contributed by atoms with Crippen molar-refractivity contribution in [2.75, 3.05) is 10.5 Å². The van der Waals surface area contributed by atoms with E-state index in [1.165, 1.54) is 0 Å². The molecular formula is C10H15NO2S. The summed E-state index contributed by atoms with van der Waals surface area (Å²) in [5.41, 5.74) is 1.71. The van der Waals surface area contributed by atoms with Crippen molar-refractivity contribution < 1.29 is 9.32 Å². The van der Waals surface area contributed by atoms with Crippen LogP contribution in [0, 0.1) is 6.92 Å². The van der Waals surface area contributed by atoms with Crippen LogP contribution in [0.5, 0.6) is 5.75 Å². The van der Waals surface area contributed by atoms with Crippen LogP contribution < -0.4 is 4.72 Å². The first-order valence-corrected chi connectivity index (χ1v) is 5.90. The van der Waals surface area contributed by atoms with Crippen molar-refractivity contribution in [3.63, 3.8) is 0 Å². The Bertz CT molecular complexity index is 339. The lowest BCUT2D eigenvalue weighted by atomic mass is 10.2. The average molecular weight is 213 g/mol. The molecule has 0 heterocycles. The third-order valence-electron chi connectivity index (χ3n) is 1.82. The largest absolute Gasteiger partial charge is 0.508 e. The zero-order valence-electron chi connectivity index (χ0n) is 8.41. The fourth-order valence-electron chi connectivity index (χ4n) is 1.12. The van der Waals surface area contributed by atoms with Crippen LogP contribution in [-0.4, -0.2) is 15.1 Å². The SMILES string of the molecule is CCCS(=O)Nc1ccc(O)cc1C. The van der Waals surface area contributed by atoms with E-state index in [0.717, 1.165) is 17.7 Å². The maximum atomic E-state index is 11.4. The first kappa shape index (κ1) is 11.0. The zero-order valence-corrected chi connectivity index (χ0v) is 9.23. The predicted octanol–water partition coefficient (Wildman–Crippen LogP) is 2.19. The number of hydrogen-bond donors (Lipinski definition) is 2. The molecule has 0 bridgehead atoms. The Morgan fingerprint density at radius 2 is 2.21 bits per heavy atom. The van der Waals surface area contributed by atoms with E-state index in [2.05, 4.69) is 4.72 Å². The Labute approximate surface area is 86.7 Å². The lowest BCUT2D eigenvalue weighted by Gasteiger charge is -2.08. The summed E-state index contributed by atoms with van der Waals surface area (Å²) in [6, 6.07) is 4.96. The molecule has 0 aliphatic rings. The molecule has 0 fully saturated rings. The third-order valence-corrected chi connectivity index (χ3v) is 3.05. The average Bonchev–Trinajstić information content (AvgIpc) is 2.10. The van der Waals surface area contributed by atoms with Gasteiger partial charge in [0.15, 0.2) is 0 Å². The van der Waals surface area contributed by atoms with E-state index < -0.39 is 11.0 Å². The van der Waals surface area contributed by atoms with Gasteiger partial charge in [0.05, 0.1) is 0 Å². The smallest absolute Gasteiger partial charge is 0.117 e. The second-order valence-corrected chi connectivity index (χ2v) is 4.45. The minimum absolute atomic E-state index is 0.231. The number of phenols is 1. The Balaban J connectivity index is 2.72. The van der Waals surface area contributed by atoms with Gasteiger partial charge in [-0.1, -0.05) is 6.92 Å². The molecule has 2 N–H and O–H groups in total. The highest BCUT2D eigenvalue weighted by atomic mass is 32.2. The first-order valence-electron chi connectivity index (χ1n) is 4.58. The number of aryl methyl sites for hydroxylation is 1. The number of hydrogen-bond acceptors (Lipinski definition) is 2. The first-order chi connectivity index (χ1) is 6.63. The van der Waals surface area contributed by atoms with Crippen molar-refractivity contribution in [2.24, 2.45) is 0 Å². The van der Waals surface area contributed by atoms with E-state index in [1.54, 1.807) is 18.2 Å². The van der Waals surface area contributed by atoms with Crippen LogP contribution in [0.1, 0.15) is 18.9 Å². The molecule has 0 saturated carbocycles. The summed E-state index contributed by atoms with van der Waals surface area (Å²) in [4.78, 5) is 0. The van der Waals surface area contributed by atoms with Gasteiger partial charge in [-0.3, -0.25) is 0 Å². The summed E-state index contributed by atoms with van der Waals surface area (Å²) < 4.78 is 14.3. The van der Waals surface area contributed by atoms with Crippen LogP contribution in [-0.2, 0) is 11.0 Å². The van der Waals surface area contributed by atoms with E-state index in [0.29, 0.717) is 5.75 Å². The molecule has 0 aliphatic heterocycles. The quantitative estimate of drug-likeness (QED) is 0.753. The van der Waals surface area contributed by atoms with Crippen LogP contribution >= 0.6 is 0 Å². The molecule has 4 heteroatoms. The van der Waals surface area contributed by atoms with Crippen molar-refractivity contribution in [2.45, 2.75) is 20.3 Å². The van der Waals surface area contributed by atoms with Crippen molar-refractivity contribution in [1.82, 2.24) is 0 Å². The Morgan fingerprint density at radius 1 is 1.50 bits per heavy atom. The van der Waals surface area contributed by atoms with Crippen LogP contribution in [0.4, 0.5) is 5.69 Å². The van der Waals surface area contributed by atoms with Crippen LogP contribution in [0.2, 0.25) is 0 Å².